The summed E-state index contributed by atoms with van der Waals surface area (Å²) in [4.78, 5) is 0. The molecular weight excluding hydrogens is 217 g/mol. The van der Waals surface area contributed by atoms with E-state index in [1.807, 2.05) is 0 Å². The number of hydrogen-bond donors (Lipinski definition) is 0. The molecule has 0 unspecified atom stereocenters. The predicted molar refractivity (Wildman–Crippen MR) is 46.2 cm³/mol. The van der Waals surface area contributed by atoms with Crippen molar-refractivity contribution >= 4 is 22.6 Å². The second-order valence-electron chi connectivity index (χ2n) is 2.79. The van der Waals surface area contributed by atoms with Crippen LogP contribution >= 0.6 is 11.6 Å². The highest BCUT2D eigenvalue weighted by molar-refractivity contribution is 6.32. The number of rotatable bonds is 0. The van der Waals surface area contributed by atoms with E-state index in [0.29, 0.717) is 5.39 Å². The van der Waals surface area contributed by atoms with Crippen LogP contribution in [0.4, 0.5) is 13.2 Å². The third-order valence-corrected chi connectivity index (χ3v) is 2.16. The highest BCUT2D eigenvalue weighted by atomic mass is 35.5. The SMILES string of the molecule is FC(F)(F)c1cc2occc2cc1Cl. The number of alkyl halides is 3. The largest absolute Gasteiger partial charge is 0.464 e. The Morgan fingerprint density at radius 1 is 1.21 bits per heavy atom. The molecule has 0 saturated heterocycles. The Kier molecular flexibility index (Phi) is 1.96. The van der Waals surface area contributed by atoms with E-state index in [4.69, 9.17) is 16.0 Å². The Morgan fingerprint density at radius 3 is 2.57 bits per heavy atom. The molecule has 1 aromatic carbocycles. The second-order valence-corrected chi connectivity index (χ2v) is 3.20. The fraction of sp³-hybridized carbons (Fsp3) is 0.111. The van der Waals surface area contributed by atoms with E-state index < -0.39 is 11.7 Å². The first-order valence-electron chi connectivity index (χ1n) is 3.72. The van der Waals surface area contributed by atoms with Gasteiger partial charge in [-0.05, 0) is 18.2 Å². The van der Waals surface area contributed by atoms with Crippen molar-refractivity contribution in [3.05, 3.63) is 35.0 Å². The van der Waals surface area contributed by atoms with Crippen LogP contribution in [0.25, 0.3) is 11.0 Å². The molecule has 0 fully saturated rings. The van der Waals surface area contributed by atoms with E-state index in [1.54, 1.807) is 6.07 Å². The molecule has 0 aliphatic carbocycles. The quantitative estimate of drug-likeness (QED) is 0.651. The van der Waals surface area contributed by atoms with E-state index >= 15 is 0 Å². The Labute approximate surface area is 82.1 Å². The minimum absolute atomic E-state index is 0.182. The number of benzene rings is 1. The molecule has 0 saturated carbocycles. The summed E-state index contributed by atoms with van der Waals surface area (Å²) in [5, 5.41) is 0.245. The fourth-order valence-electron chi connectivity index (χ4n) is 1.20. The Balaban J connectivity index is 2.71. The van der Waals surface area contributed by atoms with Crippen LogP contribution in [0.1, 0.15) is 5.56 Å². The molecule has 1 heterocycles. The molecule has 0 N–H and O–H groups in total. The normalized spacial score (nSPS) is 12.3. The van der Waals surface area contributed by atoms with E-state index in [9.17, 15) is 13.2 Å². The van der Waals surface area contributed by atoms with Gasteiger partial charge in [-0.2, -0.15) is 13.2 Å². The van der Waals surface area contributed by atoms with Gasteiger partial charge in [0.25, 0.3) is 0 Å². The molecule has 74 valence electrons. The summed E-state index contributed by atoms with van der Waals surface area (Å²) in [5.74, 6) is 0. The molecule has 1 nitrogen and oxygen atoms in total. The highest BCUT2D eigenvalue weighted by Crippen LogP contribution is 2.37. The van der Waals surface area contributed by atoms with Crippen LogP contribution in [0, 0.1) is 0 Å². The average Bonchev–Trinajstić information content (AvgIpc) is 2.47. The molecule has 0 aliphatic heterocycles. The molecule has 0 atom stereocenters. The smallest absolute Gasteiger partial charge is 0.417 e. The summed E-state index contributed by atoms with van der Waals surface area (Å²) < 4.78 is 41.9. The van der Waals surface area contributed by atoms with Gasteiger partial charge in [-0.1, -0.05) is 11.6 Å². The zero-order valence-electron chi connectivity index (χ0n) is 6.73. The summed E-state index contributed by atoms with van der Waals surface area (Å²) in [6, 6.07) is 3.70. The van der Waals surface area contributed by atoms with Crippen molar-refractivity contribution in [1.29, 1.82) is 0 Å². The van der Waals surface area contributed by atoms with Crippen LogP contribution in [0.3, 0.4) is 0 Å². The Bertz CT molecular complexity index is 472. The fourth-order valence-corrected chi connectivity index (χ4v) is 1.48. The molecule has 0 radical (unpaired) electrons. The summed E-state index contributed by atoms with van der Waals surface area (Å²) in [6.07, 6.45) is -3.13. The van der Waals surface area contributed by atoms with Crippen molar-refractivity contribution in [1.82, 2.24) is 0 Å². The Hall–Kier alpha value is -1.16. The lowest BCUT2D eigenvalue weighted by Crippen LogP contribution is -2.05. The first-order chi connectivity index (χ1) is 6.48. The lowest BCUT2D eigenvalue weighted by molar-refractivity contribution is -0.137. The molecule has 14 heavy (non-hydrogen) atoms. The van der Waals surface area contributed by atoms with Gasteiger partial charge in [-0.3, -0.25) is 0 Å². The van der Waals surface area contributed by atoms with Gasteiger partial charge in [0.1, 0.15) is 5.58 Å². The number of furan rings is 1. The second kappa shape index (κ2) is 2.92. The van der Waals surface area contributed by atoms with Crippen molar-refractivity contribution in [3.63, 3.8) is 0 Å². The summed E-state index contributed by atoms with van der Waals surface area (Å²) >= 11 is 5.48. The topological polar surface area (TPSA) is 13.1 Å². The molecule has 1 aromatic heterocycles. The Morgan fingerprint density at radius 2 is 1.93 bits per heavy atom. The van der Waals surface area contributed by atoms with Gasteiger partial charge in [-0.25, -0.2) is 0 Å². The van der Waals surface area contributed by atoms with Crippen LogP contribution in [-0.4, -0.2) is 0 Å². The molecule has 0 bridgehead atoms. The van der Waals surface area contributed by atoms with Gasteiger partial charge >= 0.3 is 6.18 Å². The third kappa shape index (κ3) is 1.46. The van der Waals surface area contributed by atoms with Crippen molar-refractivity contribution in [2.45, 2.75) is 6.18 Å². The standard InChI is InChI=1S/C9H4ClF3O/c10-7-3-5-1-2-14-8(5)4-6(7)9(11,12)13/h1-4H. The monoisotopic (exact) mass is 220 g/mol. The zero-order chi connectivity index (χ0) is 10.3. The molecule has 0 aliphatic rings. The molecular formula is C9H4ClF3O. The zero-order valence-corrected chi connectivity index (χ0v) is 7.49. The van der Waals surface area contributed by atoms with E-state index in [0.717, 1.165) is 6.07 Å². The van der Waals surface area contributed by atoms with Crippen LogP contribution in [0.5, 0.6) is 0 Å². The number of hydrogen-bond acceptors (Lipinski definition) is 1. The number of fused-ring (bicyclic) bond motifs is 1. The van der Waals surface area contributed by atoms with Crippen molar-refractivity contribution in [2.24, 2.45) is 0 Å². The van der Waals surface area contributed by atoms with Crippen molar-refractivity contribution in [3.8, 4) is 0 Å². The van der Waals surface area contributed by atoms with Crippen LogP contribution in [0.15, 0.2) is 28.9 Å². The molecule has 2 rings (SSSR count). The predicted octanol–water partition coefficient (Wildman–Crippen LogP) is 4.11. The van der Waals surface area contributed by atoms with Gasteiger partial charge in [-0.15, -0.1) is 0 Å². The van der Waals surface area contributed by atoms with E-state index in [2.05, 4.69) is 0 Å². The first-order valence-corrected chi connectivity index (χ1v) is 4.10. The summed E-state index contributed by atoms with van der Waals surface area (Å²) in [6.45, 7) is 0. The maximum absolute atomic E-state index is 12.4. The average molecular weight is 221 g/mol. The van der Waals surface area contributed by atoms with Crippen LogP contribution in [0.2, 0.25) is 5.02 Å². The van der Waals surface area contributed by atoms with Gasteiger partial charge in [0.15, 0.2) is 0 Å². The maximum Gasteiger partial charge on any atom is 0.417 e. The lowest BCUT2D eigenvalue weighted by Gasteiger charge is -2.07. The van der Waals surface area contributed by atoms with Crippen molar-refractivity contribution in [2.75, 3.05) is 0 Å². The molecule has 5 heteroatoms. The maximum atomic E-state index is 12.4. The van der Waals surface area contributed by atoms with Crippen LogP contribution < -0.4 is 0 Å². The van der Waals surface area contributed by atoms with E-state index in [-0.39, 0.29) is 10.6 Å². The summed E-state index contributed by atoms with van der Waals surface area (Å²) in [5.41, 5.74) is -0.691. The number of halogens is 4. The van der Waals surface area contributed by atoms with Gasteiger partial charge in [0.2, 0.25) is 0 Å². The lowest BCUT2D eigenvalue weighted by atomic mass is 10.1. The highest BCUT2D eigenvalue weighted by Gasteiger charge is 2.33. The molecule has 0 amide bonds. The van der Waals surface area contributed by atoms with Gasteiger partial charge in [0, 0.05) is 5.39 Å². The minimum atomic E-state index is -4.45. The van der Waals surface area contributed by atoms with E-state index in [1.165, 1.54) is 12.3 Å². The van der Waals surface area contributed by atoms with Gasteiger partial charge in [0.05, 0.1) is 16.8 Å². The van der Waals surface area contributed by atoms with Crippen LogP contribution in [-0.2, 0) is 6.18 Å². The van der Waals surface area contributed by atoms with Gasteiger partial charge < -0.3 is 4.42 Å². The summed E-state index contributed by atoms with van der Waals surface area (Å²) in [7, 11) is 0. The minimum Gasteiger partial charge on any atom is -0.464 e. The molecule has 0 spiro atoms. The first kappa shape index (κ1) is 9.40. The third-order valence-electron chi connectivity index (χ3n) is 1.85. The molecule has 2 aromatic rings. The van der Waals surface area contributed by atoms with Crippen molar-refractivity contribution < 1.29 is 17.6 Å².